The molecule has 5 aromatic rings. The number of aryl methyl sites for hydroxylation is 1. The third-order valence-electron chi connectivity index (χ3n) is 7.03. The summed E-state index contributed by atoms with van der Waals surface area (Å²) in [5, 5.41) is 12.8. The lowest BCUT2D eigenvalue weighted by atomic mass is 9.90. The minimum absolute atomic E-state index is 0.0568. The molecule has 36 heavy (non-hydrogen) atoms. The number of benzene rings is 2. The Bertz CT molecular complexity index is 1680. The molecular formula is C29H25N3O4. The number of aromatic nitrogens is 2. The summed E-state index contributed by atoms with van der Waals surface area (Å²) in [7, 11) is 0. The number of nitrogens with zero attached hydrogens (tertiary/aromatic N) is 2. The Morgan fingerprint density at radius 2 is 2.03 bits per heavy atom. The molecule has 1 unspecified atom stereocenters. The highest BCUT2D eigenvalue weighted by molar-refractivity contribution is 5.86. The maximum atomic E-state index is 13.6. The molecule has 0 bridgehead atoms. The van der Waals surface area contributed by atoms with Crippen LogP contribution in [0.15, 0.2) is 76.1 Å². The Morgan fingerprint density at radius 3 is 2.92 bits per heavy atom. The Morgan fingerprint density at radius 1 is 1.17 bits per heavy atom. The van der Waals surface area contributed by atoms with Crippen LogP contribution in [-0.4, -0.2) is 32.4 Å². The fourth-order valence-corrected chi connectivity index (χ4v) is 5.24. The van der Waals surface area contributed by atoms with E-state index >= 15 is 0 Å². The van der Waals surface area contributed by atoms with Gasteiger partial charge in [0.2, 0.25) is 17.1 Å². The maximum Gasteiger partial charge on any atom is 0.227 e. The molecule has 1 amide bonds. The number of para-hydroxylation sites is 1. The first kappa shape index (κ1) is 22.1. The van der Waals surface area contributed by atoms with E-state index in [9.17, 15) is 14.7 Å². The van der Waals surface area contributed by atoms with Gasteiger partial charge in [0.15, 0.2) is 5.76 Å². The number of H-pyrrole nitrogens is 1. The molecule has 7 nitrogen and oxygen atoms in total. The average molecular weight is 480 g/mol. The van der Waals surface area contributed by atoms with E-state index in [0.717, 1.165) is 34.1 Å². The van der Waals surface area contributed by atoms with E-state index in [1.807, 2.05) is 53.4 Å². The zero-order chi connectivity index (χ0) is 24.8. The van der Waals surface area contributed by atoms with Gasteiger partial charge in [-0.25, -0.2) is 0 Å². The lowest BCUT2D eigenvalue weighted by Crippen LogP contribution is -2.36. The molecule has 0 saturated heterocycles. The predicted octanol–water partition coefficient (Wildman–Crippen LogP) is 4.79. The topological polar surface area (TPSA) is 99.4 Å². The van der Waals surface area contributed by atoms with Crippen LogP contribution in [0.2, 0.25) is 0 Å². The van der Waals surface area contributed by atoms with Crippen molar-refractivity contribution in [3.05, 3.63) is 105 Å². The van der Waals surface area contributed by atoms with Gasteiger partial charge in [-0.1, -0.05) is 30.3 Å². The molecule has 6 rings (SSSR count). The molecule has 1 aliphatic heterocycles. The van der Waals surface area contributed by atoms with Crippen LogP contribution < -0.4 is 5.43 Å². The third kappa shape index (κ3) is 3.82. The molecule has 0 radical (unpaired) electrons. The largest absolute Gasteiger partial charge is 0.502 e. The monoisotopic (exact) mass is 479 g/mol. The Labute approximate surface area is 207 Å². The van der Waals surface area contributed by atoms with Crippen LogP contribution in [0.5, 0.6) is 5.75 Å². The Balaban J connectivity index is 1.36. The number of amides is 1. The molecule has 0 fully saturated rings. The Hall–Kier alpha value is -4.39. The van der Waals surface area contributed by atoms with Gasteiger partial charge in [-0.3, -0.25) is 14.6 Å². The first-order chi connectivity index (χ1) is 17.5. The number of hydrogen-bond acceptors (Lipinski definition) is 5. The quantitative estimate of drug-likeness (QED) is 0.386. The number of nitrogens with one attached hydrogen (secondary N) is 1. The highest BCUT2D eigenvalue weighted by Crippen LogP contribution is 2.36. The molecule has 0 spiro atoms. The highest BCUT2D eigenvalue weighted by atomic mass is 16.4. The number of hydrogen-bond donors (Lipinski definition) is 2. The summed E-state index contributed by atoms with van der Waals surface area (Å²) in [5.41, 5.74) is 4.46. The molecule has 0 aliphatic carbocycles. The number of aromatic hydroxyl groups is 1. The van der Waals surface area contributed by atoms with E-state index in [2.05, 4.69) is 16.0 Å². The van der Waals surface area contributed by atoms with Crippen LogP contribution in [0.3, 0.4) is 0 Å². The second-order valence-electron chi connectivity index (χ2n) is 9.34. The minimum Gasteiger partial charge on any atom is -0.502 e. The van der Waals surface area contributed by atoms with Gasteiger partial charge < -0.3 is 19.4 Å². The van der Waals surface area contributed by atoms with Gasteiger partial charge in [0.05, 0.1) is 18.0 Å². The first-order valence-electron chi connectivity index (χ1n) is 12.0. The highest BCUT2D eigenvalue weighted by Gasteiger charge is 2.30. The van der Waals surface area contributed by atoms with Gasteiger partial charge >= 0.3 is 0 Å². The van der Waals surface area contributed by atoms with Crippen molar-refractivity contribution in [2.24, 2.45) is 0 Å². The second-order valence-corrected chi connectivity index (χ2v) is 9.34. The van der Waals surface area contributed by atoms with E-state index < -0.39 is 17.1 Å². The first-order valence-corrected chi connectivity index (χ1v) is 12.0. The van der Waals surface area contributed by atoms with Gasteiger partial charge in [0.1, 0.15) is 5.76 Å². The van der Waals surface area contributed by atoms with Crippen molar-refractivity contribution < 1.29 is 14.3 Å². The standard InChI is InChI=1S/C29H25N3O4/c1-17-13-26(33)28(35)29(36-17)22(18-8-9-23-19(14-18)5-4-11-30-23)15-27(34)32-12-10-21-20-6-2-3-7-24(20)31-25(21)16-32/h2-9,11,13-14,22,31,35H,10,12,15-16H2,1H3. The minimum atomic E-state index is -0.626. The summed E-state index contributed by atoms with van der Waals surface area (Å²) in [6, 6.07) is 18.9. The smallest absolute Gasteiger partial charge is 0.227 e. The van der Waals surface area contributed by atoms with Gasteiger partial charge in [-0.15, -0.1) is 0 Å². The van der Waals surface area contributed by atoms with Crippen molar-refractivity contribution >= 4 is 27.7 Å². The summed E-state index contributed by atoms with van der Waals surface area (Å²) in [4.78, 5) is 35.7. The van der Waals surface area contributed by atoms with Gasteiger partial charge in [-0.05, 0) is 48.7 Å². The number of rotatable bonds is 4. The molecular weight excluding hydrogens is 454 g/mol. The lowest BCUT2D eigenvalue weighted by Gasteiger charge is -2.29. The van der Waals surface area contributed by atoms with Crippen molar-refractivity contribution in [1.29, 1.82) is 0 Å². The average Bonchev–Trinajstić information content (AvgIpc) is 3.27. The summed E-state index contributed by atoms with van der Waals surface area (Å²) in [6.07, 6.45) is 2.55. The van der Waals surface area contributed by atoms with Crippen molar-refractivity contribution in [2.45, 2.75) is 32.2 Å². The fourth-order valence-electron chi connectivity index (χ4n) is 5.24. The second kappa shape index (κ2) is 8.68. The van der Waals surface area contributed by atoms with Crippen LogP contribution in [-0.2, 0) is 17.8 Å². The summed E-state index contributed by atoms with van der Waals surface area (Å²) >= 11 is 0. The van der Waals surface area contributed by atoms with Gasteiger partial charge in [-0.2, -0.15) is 0 Å². The molecule has 4 heterocycles. The molecule has 2 aromatic carbocycles. The summed E-state index contributed by atoms with van der Waals surface area (Å²) in [6.45, 7) is 2.75. The van der Waals surface area contributed by atoms with Gasteiger partial charge in [0, 0.05) is 47.2 Å². The summed E-state index contributed by atoms with van der Waals surface area (Å²) in [5.74, 6) is -0.660. The van der Waals surface area contributed by atoms with E-state index in [-0.39, 0.29) is 18.1 Å². The van der Waals surface area contributed by atoms with E-state index in [1.165, 1.54) is 17.0 Å². The molecule has 2 N–H and O–H groups in total. The fraction of sp³-hybridized carbons (Fsp3) is 0.207. The molecule has 3 aromatic heterocycles. The van der Waals surface area contributed by atoms with Gasteiger partial charge in [0.25, 0.3) is 0 Å². The molecule has 180 valence electrons. The number of carbonyl (C=O) groups is 1. The maximum absolute atomic E-state index is 13.6. The van der Waals surface area contributed by atoms with E-state index in [0.29, 0.717) is 18.8 Å². The molecule has 1 aliphatic rings. The van der Waals surface area contributed by atoms with Crippen LogP contribution in [0.1, 0.15) is 40.7 Å². The van der Waals surface area contributed by atoms with Crippen LogP contribution in [0.25, 0.3) is 21.8 Å². The Kier molecular flexibility index (Phi) is 5.33. The normalized spacial score (nSPS) is 14.2. The van der Waals surface area contributed by atoms with E-state index in [1.54, 1.807) is 13.1 Å². The van der Waals surface area contributed by atoms with Crippen molar-refractivity contribution in [3.8, 4) is 5.75 Å². The van der Waals surface area contributed by atoms with Crippen LogP contribution in [0.4, 0.5) is 0 Å². The van der Waals surface area contributed by atoms with E-state index in [4.69, 9.17) is 4.42 Å². The third-order valence-corrected chi connectivity index (χ3v) is 7.03. The lowest BCUT2D eigenvalue weighted by molar-refractivity contribution is -0.132. The zero-order valence-corrected chi connectivity index (χ0v) is 19.8. The molecule has 1 atom stereocenters. The molecule has 7 heteroatoms. The molecule has 0 saturated carbocycles. The van der Waals surface area contributed by atoms with Crippen molar-refractivity contribution in [3.63, 3.8) is 0 Å². The number of carbonyl (C=O) groups excluding carboxylic acids is 1. The predicted molar refractivity (Wildman–Crippen MR) is 137 cm³/mol. The number of fused-ring (bicyclic) bond motifs is 4. The van der Waals surface area contributed by atoms with Crippen molar-refractivity contribution in [1.82, 2.24) is 14.9 Å². The number of aromatic amines is 1. The number of pyridine rings is 1. The summed E-state index contributed by atoms with van der Waals surface area (Å²) < 4.78 is 5.86. The van der Waals surface area contributed by atoms with Crippen LogP contribution >= 0.6 is 0 Å². The SMILES string of the molecule is Cc1cc(=O)c(O)c(C(CC(=O)N2CCc3c([nH]c4ccccc34)C2)c2ccc3ncccc3c2)o1. The van der Waals surface area contributed by atoms with Crippen LogP contribution in [0, 0.1) is 6.92 Å². The van der Waals surface area contributed by atoms with Crippen molar-refractivity contribution in [2.75, 3.05) is 6.54 Å². The zero-order valence-electron chi connectivity index (χ0n) is 19.8.